The van der Waals surface area contributed by atoms with Gasteiger partial charge < -0.3 is 14.0 Å². The second-order valence-corrected chi connectivity index (χ2v) is 15.0. The van der Waals surface area contributed by atoms with Crippen molar-refractivity contribution in [2.75, 3.05) is 4.90 Å². The lowest BCUT2D eigenvalue weighted by molar-refractivity contribution is 0.725. The lowest BCUT2D eigenvalue weighted by Crippen LogP contribution is -2.22. The molecular formula is C51H35N3. The van der Waals surface area contributed by atoms with Crippen molar-refractivity contribution in [2.45, 2.75) is 18.9 Å². The molecule has 0 aliphatic carbocycles. The zero-order valence-electron chi connectivity index (χ0n) is 29.7. The molecule has 0 saturated heterocycles. The largest absolute Gasteiger partial charge is 0.337 e. The SMILES string of the molecule is c1ccc(-n2c3ccccc3c3cc(-c4ccc5c(c4)c4cc(-c6ccc7c(c6)CC6Cc8ccccc8N76)ccc4n5-c4ccccc4)ccc32)cc1. The van der Waals surface area contributed by atoms with Crippen molar-refractivity contribution < 1.29 is 0 Å². The van der Waals surface area contributed by atoms with Gasteiger partial charge >= 0.3 is 0 Å². The molecule has 0 bridgehead atoms. The van der Waals surface area contributed by atoms with Crippen LogP contribution < -0.4 is 4.90 Å². The third-order valence-electron chi connectivity index (χ3n) is 12.0. The van der Waals surface area contributed by atoms with E-state index in [0.717, 1.165) is 12.8 Å². The predicted octanol–water partition coefficient (Wildman–Crippen LogP) is 12.8. The summed E-state index contributed by atoms with van der Waals surface area (Å²) in [6.45, 7) is 0. The van der Waals surface area contributed by atoms with Crippen LogP contribution in [0.25, 0.3) is 77.2 Å². The fourth-order valence-electron chi connectivity index (χ4n) is 9.61. The molecule has 54 heavy (non-hydrogen) atoms. The number of hydrogen-bond donors (Lipinski definition) is 0. The van der Waals surface area contributed by atoms with Crippen molar-refractivity contribution in [3.05, 3.63) is 193 Å². The van der Waals surface area contributed by atoms with Crippen LogP contribution in [0.2, 0.25) is 0 Å². The number of nitrogens with zero attached hydrogens (tertiary/aromatic N) is 3. The molecule has 3 heteroatoms. The highest BCUT2D eigenvalue weighted by molar-refractivity contribution is 6.13. The van der Waals surface area contributed by atoms with Crippen LogP contribution in [0.15, 0.2) is 182 Å². The van der Waals surface area contributed by atoms with Crippen molar-refractivity contribution in [2.24, 2.45) is 0 Å². The molecule has 8 aromatic carbocycles. The van der Waals surface area contributed by atoms with Crippen LogP contribution >= 0.6 is 0 Å². The minimum absolute atomic E-state index is 0.520. The highest BCUT2D eigenvalue weighted by Crippen LogP contribution is 2.47. The molecule has 0 spiro atoms. The first-order valence-corrected chi connectivity index (χ1v) is 19.0. The van der Waals surface area contributed by atoms with Crippen LogP contribution in [0.4, 0.5) is 11.4 Å². The normalized spacial score (nSPS) is 14.7. The van der Waals surface area contributed by atoms with E-state index in [0.29, 0.717) is 6.04 Å². The number of para-hydroxylation sites is 4. The van der Waals surface area contributed by atoms with Gasteiger partial charge in [-0.3, -0.25) is 0 Å². The highest BCUT2D eigenvalue weighted by atomic mass is 15.2. The van der Waals surface area contributed by atoms with E-state index in [9.17, 15) is 0 Å². The first-order chi connectivity index (χ1) is 26.8. The van der Waals surface area contributed by atoms with Crippen LogP contribution in [0, 0.1) is 0 Å². The predicted molar refractivity (Wildman–Crippen MR) is 226 cm³/mol. The summed E-state index contributed by atoms with van der Waals surface area (Å²) >= 11 is 0. The third kappa shape index (κ3) is 4.30. The molecule has 2 aliphatic rings. The lowest BCUT2D eigenvalue weighted by Gasteiger charge is -2.20. The Kier molecular flexibility index (Phi) is 6.23. The van der Waals surface area contributed by atoms with Gasteiger partial charge in [0.15, 0.2) is 0 Å². The Morgan fingerprint density at radius 2 is 0.778 bits per heavy atom. The van der Waals surface area contributed by atoms with Crippen LogP contribution in [-0.4, -0.2) is 15.2 Å². The van der Waals surface area contributed by atoms with Crippen LogP contribution in [0.1, 0.15) is 11.1 Å². The first kappa shape index (κ1) is 29.7. The Bertz CT molecular complexity index is 3110. The monoisotopic (exact) mass is 689 g/mol. The van der Waals surface area contributed by atoms with Gasteiger partial charge in [0.05, 0.1) is 22.1 Å². The Balaban J connectivity index is 1.01. The van der Waals surface area contributed by atoms with Gasteiger partial charge in [0, 0.05) is 50.3 Å². The fraction of sp³-hybridized carbons (Fsp3) is 0.0588. The molecule has 0 amide bonds. The molecule has 0 fully saturated rings. The van der Waals surface area contributed by atoms with Crippen molar-refractivity contribution in [1.82, 2.24) is 9.13 Å². The summed E-state index contributed by atoms with van der Waals surface area (Å²) in [5.41, 5.74) is 17.9. The molecule has 2 aromatic heterocycles. The lowest BCUT2D eigenvalue weighted by atomic mass is 9.97. The average molecular weight is 690 g/mol. The number of benzene rings is 8. The zero-order chi connectivity index (χ0) is 35.3. The second kappa shape index (κ2) is 11.3. The van der Waals surface area contributed by atoms with E-state index < -0.39 is 0 Å². The van der Waals surface area contributed by atoms with Gasteiger partial charge in [-0.25, -0.2) is 0 Å². The molecule has 1 atom stereocenters. The van der Waals surface area contributed by atoms with Crippen molar-refractivity contribution in [3.63, 3.8) is 0 Å². The van der Waals surface area contributed by atoms with Crippen molar-refractivity contribution in [3.8, 4) is 33.6 Å². The Morgan fingerprint density at radius 1 is 0.333 bits per heavy atom. The van der Waals surface area contributed by atoms with E-state index in [1.165, 1.54) is 99.7 Å². The van der Waals surface area contributed by atoms with Gasteiger partial charge in [-0.05, 0) is 131 Å². The van der Waals surface area contributed by atoms with E-state index in [2.05, 4.69) is 196 Å². The number of hydrogen-bond acceptors (Lipinski definition) is 1. The average Bonchev–Trinajstić information content (AvgIpc) is 3.97. The number of anilines is 2. The van der Waals surface area contributed by atoms with Crippen molar-refractivity contribution in [1.29, 1.82) is 0 Å². The summed E-state index contributed by atoms with van der Waals surface area (Å²) in [7, 11) is 0. The molecule has 12 rings (SSSR count). The molecule has 2 aliphatic heterocycles. The number of rotatable bonds is 4. The summed E-state index contributed by atoms with van der Waals surface area (Å²) in [4.78, 5) is 2.57. The molecule has 1 unspecified atom stereocenters. The van der Waals surface area contributed by atoms with Crippen LogP contribution in [0.3, 0.4) is 0 Å². The van der Waals surface area contributed by atoms with Crippen molar-refractivity contribution >= 4 is 55.0 Å². The van der Waals surface area contributed by atoms with Gasteiger partial charge in [0.25, 0.3) is 0 Å². The zero-order valence-corrected chi connectivity index (χ0v) is 29.7. The molecule has 0 saturated carbocycles. The standard InChI is InChI=1S/C51H35N3/c1-3-12-39(13-4-1)52-48-18-10-8-16-42(48)43-30-35(21-24-49(43)52)36-22-26-51-45(32-36)44-31-34(20-25-50(44)53(51)40-14-5-2-6-15-40)33-19-23-47-38(27-33)29-41-28-37-11-7-9-17-46(37)54(41)47/h1-27,30-32,41H,28-29H2. The molecule has 3 nitrogen and oxygen atoms in total. The number of fused-ring (bicyclic) bond motifs is 11. The minimum atomic E-state index is 0.520. The van der Waals surface area contributed by atoms with Gasteiger partial charge in [-0.15, -0.1) is 0 Å². The minimum Gasteiger partial charge on any atom is -0.337 e. The molecule has 4 heterocycles. The summed E-state index contributed by atoms with van der Waals surface area (Å²) in [6, 6.07) is 67.8. The highest BCUT2D eigenvalue weighted by Gasteiger charge is 2.36. The quantitative estimate of drug-likeness (QED) is 0.179. The molecule has 0 N–H and O–H groups in total. The van der Waals surface area contributed by atoms with Gasteiger partial charge in [-0.1, -0.05) is 97.1 Å². The molecular weight excluding hydrogens is 655 g/mol. The van der Waals surface area contributed by atoms with E-state index in [1.54, 1.807) is 0 Å². The van der Waals surface area contributed by atoms with Crippen LogP contribution in [0.5, 0.6) is 0 Å². The molecule has 0 radical (unpaired) electrons. The Hall–Kier alpha value is -6.84. The molecule has 10 aromatic rings. The first-order valence-electron chi connectivity index (χ1n) is 19.0. The van der Waals surface area contributed by atoms with Gasteiger partial charge in [-0.2, -0.15) is 0 Å². The molecule has 254 valence electrons. The second-order valence-electron chi connectivity index (χ2n) is 15.0. The maximum Gasteiger partial charge on any atom is 0.0541 e. The van der Waals surface area contributed by atoms with E-state index in [-0.39, 0.29) is 0 Å². The third-order valence-corrected chi connectivity index (χ3v) is 12.0. The smallest absolute Gasteiger partial charge is 0.0541 e. The topological polar surface area (TPSA) is 13.1 Å². The Morgan fingerprint density at radius 3 is 1.41 bits per heavy atom. The Labute approximate surface area is 313 Å². The maximum atomic E-state index is 2.57. The van der Waals surface area contributed by atoms with Crippen LogP contribution in [-0.2, 0) is 12.8 Å². The van der Waals surface area contributed by atoms with E-state index in [4.69, 9.17) is 0 Å². The van der Waals surface area contributed by atoms with E-state index >= 15 is 0 Å². The van der Waals surface area contributed by atoms with Gasteiger partial charge in [0.1, 0.15) is 0 Å². The summed E-state index contributed by atoms with van der Waals surface area (Å²) in [5, 5.41) is 5.06. The number of aromatic nitrogens is 2. The fourth-order valence-corrected chi connectivity index (χ4v) is 9.61. The van der Waals surface area contributed by atoms with E-state index in [1.807, 2.05) is 0 Å². The van der Waals surface area contributed by atoms with Gasteiger partial charge in [0.2, 0.25) is 0 Å². The summed E-state index contributed by atoms with van der Waals surface area (Å²) in [6.07, 6.45) is 2.21. The summed E-state index contributed by atoms with van der Waals surface area (Å²) < 4.78 is 4.80. The summed E-state index contributed by atoms with van der Waals surface area (Å²) in [5.74, 6) is 0. The maximum absolute atomic E-state index is 2.57.